The van der Waals surface area contributed by atoms with Crippen molar-refractivity contribution in [3.8, 4) is 84.9 Å². The van der Waals surface area contributed by atoms with Crippen LogP contribution in [0.4, 0.5) is 0 Å². The topological polar surface area (TPSA) is 69.4 Å². The molecule has 6 heteroatoms. The van der Waals surface area contributed by atoms with Gasteiger partial charge in [-0.3, -0.25) is 0 Å². The zero-order valence-corrected chi connectivity index (χ0v) is 33.0. The van der Waals surface area contributed by atoms with E-state index in [0.717, 1.165) is 78.0 Å². The predicted molar refractivity (Wildman–Crippen MR) is 248 cm³/mol. The first-order chi connectivity index (χ1) is 30.2. The maximum Gasteiger partial charge on any atom is 0.164 e. The summed E-state index contributed by atoms with van der Waals surface area (Å²) >= 11 is 0. The van der Waals surface area contributed by atoms with Gasteiger partial charge in [-0.15, -0.1) is 0 Å². The maximum atomic E-state index is 5.28. The molecular weight excluding hydrogens is 745 g/mol. The van der Waals surface area contributed by atoms with Crippen LogP contribution in [0.15, 0.2) is 218 Å². The molecule has 61 heavy (non-hydrogen) atoms. The van der Waals surface area contributed by atoms with Crippen molar-refractivity contribution >= 4 is 21.8 Å². The Morgan fingerprint density at radius 1 is 0.279 bits per heavy atom. The van der Waals surface area contributed by atoms with E-state index >= 15 is 0 Å². The minimum atomic E-state index is 0.612. The summed E-state index contributed by atoms with van der Waals surface area (Å²) in [6.07, 6.45) is 0. The highest BCUT2D eigenvalue weighted by atomic mass is 15.0. The van der Waals surface area contributed by atoms with Gasteiger partial charge in [-0.05, 0) is 53.6 Å². The van der Waals surface area contributed by atoms with Gasteiger partial charge < -0.3 is 4.57 Å². The molecule has 3 aromatic heterocycles. The molecule has 8 aromatic carbocycles. The van der Waals surface area contributed by atoms with Crippen LogP contribution in [0.5, 0.6) is 0 Å². The third-order valence-electron chi connectivity index (χ3n) is 11.1. The van der Waals surface area contributed by atoms with Gasteiger partial charge in [-0.1, -0.05) is 176 Å². The number of aromatic nitrogens is 6. The summed E-state index contributed by atoms with van der Waals surface area (Å²) in [6, 6.07) is 75.1. The van der Waals surface area contributed by atoms with E-state index < -0.39 is 0 Å². The summed E-state index contributed by atoms with van der Waals surface area (Å²) in [5, 5.41) is 2.32. The average Bonchev–Trinajstić information content (AvgIpc) is 3.69. The summed E-state index contributed by atoms with van der Waals surface area (Å²) < 4.78 is 2.34. The first-order valence-corrected chi connectivity index (χ1v) is 20.3. The number of para-hydroxylation sites is 2. The van der Waals surface area contributed by atoms with E-state index in [9.17, 15) is 0 Å². The molecule has 0 aliphatic rings. The molecule has 3 heterocycles. The minimum Gasteiger partial charge on any atom is -0.309 e. The second kappa shape index (κ2) is 15.4. The Hall–Kier alpha value is -8.35. The van der Waals surface area contributed by atoms with Gasteiger partial charge >= 0.3 is 0 Å². The molecule has 0 atom stereocenters. The number of benzene rings is 8. The predicted octanol–water partition coefficient (Wildman–Crippen LogP) is 13.4. The van der Waals surface area contributed by atoms with E-state index in [1.807, 2.05) is 78.9 Å². The van der Waals surface area contributed by atoms with E-state index in [0.29, 0.717) is 23.3 Å². The van der Waals surface area contributed by atoms with Crippen LogP contribution in [0.1, 0.15) is 0 Å². The fourth-order valence-corrected chi connectivity index (χ4v) is 8.17. The molecule has 0 aliphatic heterocycles. The van der Waals surface area contributed by atoms with E-state index in [-0.39, 0.29) is 0 Å². The Balaban J connectivity index is 1.04. The molecule has 0 aliphatic carbocycles. The van der Waals surface area contributed by atoms with Crippen molar-refractivity contribution in [2.24, 2.45) is 0 Å². The highest BCUT2D eigenvalue weighted by Crippen LogP contribution is 2.40. The Morgan fingerprint density at radius 2 is 0.705 bits per heavy atom. The quantitative estimate of drug-likeness (QED) is 0.154. The minimum absolute atomic E-state index is 0.612. The third kappa shape index (κ3) is 6.82. The van der Waals surface area contributed by atoms with E-state index in [2.05, 4.69) is 144 Å². The van der Waals surface area contributed by atoms with Crippen LogP contribution in [-0.4, -0.2) is 29.5 Å². The summed E-state index contributed by atoms with van der Waals surface area (Å²) in [4.78, 5) is 25.4. The number of fused-ring (bicyclic) bond motifs is 3. The molecule has 0 N–H and O–H groups in total. The molecule has 6 nitrogen and oxygen atoms in total. The fraction of sp³-hybridized carbons (Fsp3) is 0. The molecule has 0 bridgehead atoms. The van der Waals surface area contributed by atoms with Crippen LogP contribution in [0.2, 0.25) is 0 Å². The van der Waals surface area contributed by atoms with Crippen molar-refractivity contribution in [3.63, 3.8) is 0 Å². The standard InChI is InChI=1S/C55H36N6/c1-5-18-37(19-6-1)52-56-47(36-48(57-52)45-31-17-33-50-51(45)46-30-13-14-32-49(46)61(50)44-28-11-4-12-29-44)42-26-15-24-40(34-42)41-25-16-27-43(35-41)55-59-53(38-20-7-2-8-21-38)58-54(60-55)39-22-9-3-10-23-39/h1-36H. The van der Waals surface area contributed by atoms with Crippen molar-refractivity contribution in [1.82, 2.24) is 29.5 Å². The van der Waals surface area contributed by atoms with Gasteiger partial charge in [-0.2, -0.15) is 0 Å². The Bertz CT molecular complexity index is 3290. The highest BCUT2D eigenvalue weighted by molar-refractivity contribution is 6.15. The third-order valence-corrected chi connectivity index (χ3v) is 11.1. The molecule has 11 aromatic rings. The number of nitrogens with zero attached hydrogens (tertiary/aromatic N) is 6. The molecule has 0 radical (unpaired) electrons. The molecule has 0 saturated carbocycles. The van der Waals surface area contributed by atoms with Crippen molar-refractivity contribution in [2.45, 2.75) is 0 Å². The van der Waals surface area contributed by atoms with Crippen molar-refractivity contribution in [1.29, 1.82) is 0 Å². The van der Waals surface area contributed by atoms with Crippen LogP contribution >= 0.6 is 0 Å². The Labute approximate surface area is 353 Å². The summed E-state index contributed by atoms with van der Waals surface area (Å²) in [5.41, 5.74) is 12.9. The zero-order valence-electron chi connectivity index (χ0n) is 33.0. The lowest BCUT2D eigenvalue weighted by atomic mass is 9.98. The molecule has 11 rings (SSSR count). The monoisotopic (exact) mass is 780 g/mol. The summed E-state index contributed by atoms with van der Waals surface area (Å²) in [7, 11) is 0. The summed E-state index contributed by atoms with van der Waals surface area (Å²) in [5.74, 6) is 2.54. The van der Waals surface area contributed by atoms with Gasteiger partial charge in [0.1, 0.15) is 0 Å². The van der Waals surface area contributed by atoms with Crippen molar-refractivity contribution in [2.75, 3.05) is 0 Å². The van der Waals surface area contributed by atoms with E-state index in [4.69, 9.17) is 24.9 Å². The lowest BCUT2D eigenvalue weighted by Crippen LogP contribution is -2.00. The summed E-state index contributed by atoms with van der Waals surface area (Å²) in [6.45, 7) is 0. The number of hydrogen-bond donors (Lipinski definition) is 0. The SMILES string of the molecule is c1ccc(-c2nc(-c3cccc(-c4cccc(-c5nc(-c6ccccc6)nc(-c6ccccc6)n5)c4)c3)cc(-c3cccc4c3c3ccccc3n4-c3ccccc3)n2)cc1. The lowest BCUT2D eigenvalue weighted by Gasteiger charge is -2.12. The lowest BCUT2D eigenvalue weighted by molar-refractivity contribution is 1.07. The average molecular weight is 781 g/mol. The van der Waals surface area contributed by atoms with Crippen molar-refractivity contribution < 1.29 is 0 Å². The second-order valence-electron chi connectivity index (χ2n) is 14.9. The van der Waals surface area contributed by atoms with Crippen LogP contribution in [0.25, 0.3) is 107 Å². The van der Waals surface area contributed by atoms with E-state index in [1.54, 1.807) is 0 Å². The van der Waals surface area contributed by atoms with Crippen LogP contribution < -0.4 is 0 Å². The molecule has 0 saturated heterocycles. The van der Waals surface area contributed by atoms with Gasteiger partial charge in [0.15, 0.2) is 23.3 Å². The van der Waals surface area contributed by atoms with Gasteiger partial charge in [0, 0.05) is 49.8 Å². The van der Waals surface area contributed by atoms with Gasteiger partial charge in [-0.25, -0.2) is 24.9 Å². The Morgan fingerprint density at radius 3 is 1.33 bits per heavy atom. The normalized spacial score (nSPS) is 11.3. The largest absolute Gasteiger partial charge is 0.309 e. The molecule has 0 fully saturated rings. The fourth-order valence-electron chi connectivity index (χ4n) is 8.17. The zero-order chi connectivity index (χ0) is 40.5. The Kier molecular flexibility index (Phi) is 9.06. The molecular formula is C55H36N6. The first kappa shape index (κ1) is 35.8. The number of rotatable bonds is 8. The van der Waals surface area contributed by atoms with Gasteiger partial charge in [0.25, 0.3) is 0 Å². The van der Waals surface area contributed by atoms with Gasteiger partial charge in [0.05, 0.1) is 22.4 Å². The molecule has 0 unspecified atom stereocenters. The van der Waals surface area contributed by atoms with Crippen LogP contribution in [0, 0.1) is 0 Å². The van der Waals surface area contributed by atoms with Gasteiger partial charge in [0.2, 0.25) is 0 Å². The van der Waals surface area contributed by atoms with Crippen molar-refractivity contribution in [3.05, 3.63) is 218 Å². The molecule has 0 amide bonds. The van der Waals surface area contributed by atoms with Crippen LogP contribution in [0.3, 0.4) is 0 Å². The number of hydrogen-bond acceptors (Lipinski definition) is 5. The van der Waals surface area contributed by atoms with E-state index in [1.165, 1.54) is 5.39 Å². The smallest absolute Gasteiger partial charge is 0.164 e. The highest BCUT2D eigenvalue weighted by Gasteiger charge is 2.19. The second-order valence-corrected chi connectivity index (χ2v) is 14.9. The molecule has 286 valence electrons. The first-order valence-electron chi connectivity index (χ1n) is 20.3. The van der Waals surface area contributed by atoms with Crippen LogP contribution in [-0.2, 0) is 0 Å². The maximum absolute atomic E-state index is 5.28. The molecule has 0 spiro atoms.